The molecule has 180 valence electrons. The van der Waals surface area contributed by atoms with Gasteiger partial charge in [0, 0.05) is 12.1 Å². The van der Waals surface area contributed by atoms with E-state index in [4.69, 9.17) is 4.74 Å². The molecule has 0 unspecified atom stereocenters. The Labute approximate surface area is 209 Å². The van der Waals surface area contributed by atoms with E-state index in [1.165, 1.54) is 0 Å². The van der Waals surface area contributed by atoms with Gasteiger partial charge in [0.1, 0.15) is 12.6 Å². The van der Waals surface area contributed by atoms with E-state index in [2.05, 4.69) is 20.9 Å². The number of hydrogen-bond acceptors (Lipinski definition) is 5. The topological polar surface area (TPSA) is 92.2 Å². The lowest BCUT2D eigenvalue weighted by Gasteiger charge is -2.18. The molecular formula is C29H26N4O3. The van der Waals surface area contributed by atoms with Gasteiger partial charge in [0.25, 0.3) is 0 Å². The van der Waals surface area contributed by atoms with Crippen LogP contribution in [0.1, 0.15) is 11.1 Å². The highest BCUT2D eigenvalue weighted by Crippen LogP contribution is 2.20. The number of ether oxygens (including phenoxy) is 1. The van der Waals surface area contributed by atoms with Crippen molar-refractivity contribution in [3.05, 3.63) is 126 Å². The number of hydrogen-bond donors (Lipinski definition) is 2. The number of anilines is 1. The Hall–Kier alpha value is -4.78. The normalized spacial score (nSPS) is 11.6. The molecule has 7 nitrogen and oxygen atoms in total. The predicted octanol–water partition coefficient (Wildman–Crippen LogP) is 6.58. The van der Waals surface area contributed by atoms with Crippen LogP contribution in [0.15, 0.2) is 125 Å². The summed E-state index contributed by atoms with van der Waals surface area (Å²) >= 11 is 0. The Balaban J connectivity index is 1.39. The monoisotopic (exact) mass is 478 g/mol. The maximum absolute atomic E-state index is 13.1. The van der Waals surface area contributed by atoms with Crippen molar-refractivity contribution in [2.75, 3.05) is 5.32 Å². The molecule has 4 aromatic carbocycles. The molecule has 4 aromatic rings. The second kappa shape index (κ2) is 12.6. The molecule has 1 atom stereocenters. The highest BCUT2D eigenvalue weighted by Gasteiger charge is 2.22. The Kier molecular flexibility index (Phi) is 8.53. The first-order valence-electron chi connectivity index (χ1n) is 11.5. The molecule has 4 rings (SSSR count). The van der Waals surface area contributed by atoms with Gasteiger partial charge in [-0.05, 0) is 47.5 Å². The predicted molar refractivity (Wildman–Crippen MR) is 139 cm³/mol. The molecule has 36 heavy (non-hydrogen) atoms. The van der Waals surface area contributed by atoms with Crippen LogP contribution in [-0.4, -0.2) is 18.0 Å². The quantitative estimate of drug-likeness (QED) is 0.266. The molecule has 0 aliphatic rings. The van der Waals surface area contributed by atoms with Gasteiger partial charge in [-0.1, -0.05) is 78.9 Å². The summed E-state index contributed by atoms with van der Waals surface area (Å²) in [6.07, 6.45) is -0.345. The van der Waals surface area contributed by atoms with Gasteiger partial charge in [0.2, 0.25) is 5.91 Å². The average Bonchev–Trinajstić information content (AvgIpc) is 2.93. The number of nitrogens with zero attached hydrogens (tertiary/aromatic N) is 2. The second-order valence-electron chi connectivity index (χ2n) is 8.02. The van der Waals surface area contributed by atoms with Crippen molar-refractivity contribution >= 4 is 29.1 Å². The van der Waals surface area contributed by atoms with Crippen LogP contribution in [0.25, 0.3) is 0 Å². The van der Waals surface area contributed by atoms with Gasteiger partial charge < -0.3 is 15.4 Å². The number of alkyl carbamates (subject to hydrolysis) is 1. The largest absolute Gasteiger partial charge is 0.445 e. The first kappa shape index (κ1) is 24.3. The minimum Gasteiger partial charge on any atom is -0.445 e. The summed E-state index contributed by atoms with van der Waals surface area (Å²) in [5, 5.41) is 14.0. The minimum atomic E-state index is -0.826. The fraction of sp³-hybridized carbons (Fsp3) is 0.103. The summed E-state index contributed by atoms with van der Waals surface area (Å²) in [6, 6.07) is 34.5. The molecule has 0 aromatic heterocycles. The van der Waals surface area contributed by atoms with Gasteiger partial charge >= 0.3 is 6.09 Å². The number of carbonyl (C=O) groups excluding carboxylic acids is 2. The Bertz CT molecular complexity index is 1280. The third-order valence-electron chi connectivity index (χ3n) is 5.28. The van der Waals surface area contributed by atoms with Crippen molar-refractivity contribution in [3.63, 3.8) is 0 Å². The molecule has 2 N–H and O–H groups in total. The zero-order valence-corrected chi connectivity index (χ0v) is 19.6. The molecule has 0 saturated carbocycles. The van der Waals surface area contributed by atoms with Crippen molar-refractivity contribution in [3.8, 4) is 0 Å². The third-order valence-corrected chi connectivity index (χ3v) is 5.28. The number of nitrogens with one attached hydrogen (secondary N) is 2. The van der Waals surface area contributed by atoms with E-state index in [0.29, 0.717) is 17.8 Å². The Morgan fingerprint density at radius 1 is 0.667 bits per heavy atom. The average molecular weight is 479 g/mol. The van der Waals surface area contributed by atoms with Gasteiger partial charge in [-0.3, -0.25) is 4.79 Å². The zero-order chi connectivity index (χ0) is 25.0. The molecule has 0 aliphatic heterocycles. The SMILES string of the molecule is O=C(N[C@@H](Cc1ccccc1)C(=O)Nc1ccc(N=Nc2ccccc2)cc1)OCc1ccccc1. The number of carbonyl (C=O) groups is 2. The zero-order valence-electron chi connectivity index (χ0n) is 19.6. The molecule has 7 heteroatoms. The molecule has 0 heterocycles. The summed E-state index contributed by atoms with van der Waals surface area (Å²) in [6.45, 7) is 0.116. The smallest absolute Gasteiger partial charge is 0.408 e. The number of rotatable bonds is 9. The molecule has 0 radical (unpaired) electrons. The van der Waals surface area contributed by atoms with Gasteiger partial charge in [0.15, 0.2) is 0 Å². The van der Waals surface area contributed by atoms with Crippen LogP contribution in [0.4, 0.5) is 21.9 Å². The van der Waals surface area contributed by atoms with Crippen LogP contribution in [0.2, 0.25) is 0 Å². The Morgan fingerprint density at radius 2 is 1.19 bits per heavy atom. The fourth-order valence-electron chi connectivity index (χ4n) is 3.42. The molecular weight excluding hydrogens is 452 g/mol. The second-order valence-corrected chi connectivity index (χ2v) is 8.02. The minimum absolute atomic E-state index is 0.116. The Morgan fingerprint density at radius 3 is 1.81 bits per heavy atom. The van der Waals surface area contributed by atoms with Crippen LogP contribution < -0.4 is 10.6 Å². The molecule has 0 fully saturated rings. The number of amides is 2. The van der Waals surface area contributed by atoms with E-state index in [-0.39, 0.29) is 12.5 Å². The van der Waals surface area contributed by atoms with Crippen LogP contribution in [-0.2, 0) is 22.6 Å². The summed E-state index contributed by atoms with van der Waals surface area (Å²) in [4.78, 5) is 25.6. The van der Waals surface area contributed by atoms with E-state index in [0.717, 1.165) is 16.8 Å². The van der Waals surface area contributed by atoms with Crippen LogP contribution in [0.5, 0.6) is 0 Å². The van der Waals surface area contributed by atoms with Gasteiger partial charge in [-0.2, -0.15) is 10.2 Å². The van der Waals surface area contributed by atoms with Crippen molar-refractivity contribution in [2.24, 2.45) is 10.2 Å². The van der Waals surface area contributed by atoms with Crippen LogP contribution in [0, 0.1) is 0 Å². The van der Waals surface area contributed by atoms with Crippen molar-refractivity contribution in [1.29, 1.82) is 0 Å². The van der Waals surface area contributed by atoms with E-state index >= 15 is 0 Å². The number of benzene rings is 4. The molecule has 0 bridgehead atoms. The van der Waals surface area contributed by atoms with Gasteiger partial charge in [-0.15, -0.1) is 0 Å². The van der Waals surface area contributed by atoms with E-state index < -0.39 is 12.1 Å². The van der Waals surface area contributed by atoms with Crippen molar-refractivity contribution < 1.29 is 14.3 Å². The van der Waals surface area contributed by atoms with E-state index in [1.807, 2.05) is 91.0 Å². The van der Waals surface area contributed by atoms with Gasteiger partial charge in [0.05, 0.1) is 11.4 Å². The number of azo groups is 1. The lowest BCUT2D eigenvalue weighted by atomic mass is 10.1. The highest BCUT2D eigenvalue weighted by atomic mass is 16.5. The third kappa shape index (κ3) is 7.63. The maximum Gasteiger partial charge on any atom is 0.408 e. The molecule has 0 spiro atoms. The summed E-state index contributed by atoms with van der Waals surface area (Å²) in [7, 11) is 0. The molecule has 0 aliphatic carbocycles. The summed E-state index contributed by atoms with van der Waals surface area (Å²) < 4.78 is 5.32. The maximum atomic E-state index is 13.1. The first-order chi connectivity index (χ1) is 17.7. The summed E-state index contributed by atoms with van der Waals surface area (Å²) in [5.41, 5.74) is 3.76. The van der Waals surface area contributed by atoms with Crippen molar-refractivity contribution in [2.45, 2.75) is 19.1 Å². The van der Waals surface area contributed by atoms with Crippen molar-refractivity contribution in [1.82, 2.24) is 5.32 Å². The van der Waals surface area contributed by atoms with Crippen LogP contribution in [0.3, 0.4) is 0 Å². The first-order valence-corrected chi connectivity index (χ1v) is 11.5. The van der Waals surface area contributed by atoms with E-state index in [9.17, 15) is 9.59 Å². The van der Waals surface area contributed by atoms with Gasteiger partial charge in [-0.25, -0.2) is 4.79 Å². The molecule has 0 saturated heterocycles. The standard InChI is InChI=1S/C29H26N4O3/c34-28(30-24-16-18-26(19-17-24)33-32-25-14-8-3-9-15-25)27(20-22-10-4-1-5-11-22)31-29(35)36-21-23-12-6-2-7-13-23/h1-19,27H,20-21H2,(H,30,34)(H,31,35)/t27-/m0/s1. The highest BCUT2D eigenvalue weighted by molar-refractivity contribution is 5.96. The van der Waals surface area contributed by atoms with E-state index in [1.54, 1.807) is 24.3 Å². The lowest BCUT2D eigenvalue weighted by Crippen LogP contribution is -2.45. The fourth-order valence-corrected chi connectivity index (χ4v) is 3.42. The summed E-state index contributed by atoms with van der Waals surface area (Å²) in [5.74, 6) is -0.353. The molecule has 2 amide bonds. The van der Waals surface area contributed by atoms with Crippen LogP contribution >= 0.6 is 0 Å². The lowest BCUT2D eigenvalue weighted by molar-refractivity contribution is -0.118.